The van der Waals surface area contributed by atoms with Crippen LogP contribution in [-0.2, 0) is 20.9 Å². The van der Waals surface area contributed by atoms with Gasteiger partial charge in [0, 0.05) is 11.4 Å². The number of carbonyl (C=O) groups excluding carboxylic acids is 1. The van der Waals surface area contributed by atoms with Crippen LogP contribution in [0.3, 0.4) is 0 Å². The van der Waals surface area contributed by atoms with Gasteiger partial charge in [0.1, 0.15) is 10.9 Å². The van der Waals surface area contributed by atoms with Crippen molar-refractivity contribution in [1.29, 1.82) is 0 Å². The highest BCUT2D eigenvalue weighted by Gasteiger charge is 2.35. The SMILES string of the molecule is CC1CC[C@@H]([C@@H](C)N[S@+]([O-])C(C)(C)C)OC1=O. The first kappa shape index (κ1) is 14.8. The highest BCUT2D eigenvalue weighted by Crippen LogP contribution is 2.23. The third-order valence-corrected chi connectivity index (χ3v) is 4.66. The molecular weight excluding hydrogens is 238 g/mol. The van der Waals surface area contributed by atoms with E-state index in [9.17, 15) is 9.35 Å². The summed E-state index contributed by atoms with van der Waals surface area (Å²) in [6.45, 7) is 9.54. The van der Waals surface area contributed by atoms with Crippen LogP contribution in [0.1, 0.15) is 47.5 Å². The Balaban J connectivity index is 2.48. The molecule has 5 heteroatoms. The van der Waals surface area contributed by atoms with Crippen LogP contribution in [0.25, 0.3) is 0 Å². The van der Waals surface area contributed by atoms with E-state index in [1.54, 1.807) is 0 Å². The van der Waals surface area contributed by atoms with Crippen LogP contribution in [-0.4, -0.2) is 27.4 Å². The maximum atomic E-state index is 11.9. The number of esters is 1. The zero-order chi connectivity index (χ0) is 13.2. The summed E-state index contributed by atoms with van der Waals surface area (Å²) < 4.78 is 20.0. The van der Waals surface area contributed by atoms with Crippen LogP contribution in [0.2, 0.25) is 0 Å². The minimum atomic E-state index is -1.13. The third-order valence-electron chi connectivity index (χ3n) is 2.96. The summed E-state index contributed by atoms with van der Waals surface area (Å²) >= 11 is -1.13. The molecule has 1 aliphatic heterocycles. The topological polar surface area (TPSA) is 61.4 Å². The molecule has 100 valence electrons. The number of ether oxygens (including phenoxy) is 1. The predicted octanol–water partition coefficient (Wildman–Crippen LogP) is 1.77. The molecule has 1 heterocycles. The van der Waals surface area contributed by atoms with Crippen molar-refractivity contribution >= 4 is 17.3 Å². The number of carbonyl (C=O) groups is 1. The zero-order valence-electron chi connectivity index (χ0n) is 11.3. The minimum absolute atomic E-state index is 0.00781. The van der Waals surface area contributed by atoms with E-state index in [4.69, 9.17) is 4.74 Å². The van der Waals surface area contributed by atoms with Gasteiger partial charge in [0.05, 0.1) is 12.0 Å². The van der Waals surface area contributed by atoms with Crippen molar-refractivity contribution in [2.75, 3.05) is 0 Å². The van der Waals surface area contributed by atoms with Crippen LogP contribution in [0.5, 0.6) is 0 Å². The lowest BCUT2D eigenvalue weighted by molar-refractivity contribution is -0.160. The molecule has 0 saturated carbocycles. The number of hydrogen-bond acceptors (Lipinski definition) is 4. The van der Waals surface area contributed by atoms with Gasteiger partial charge in [-0.05, 0) is 40.5 Å². The Hall–Kier alpha value is -0.260. The standard InChI is InChI=1S/C12H23NO3S/c1-8-6-7-10(16-11(8)14)9(2)13-17(15)12(3,4)5/h8-10,13H,6-7H2,1-5H3/t8?,9-,10+,17-/m1/s1. The van der Waals surface area contributed by atoms with Gasteiger partial charge in [-0.15, -0.1) is 4.72 Å². The molecule has 1 aliphatic rings. The Morgan fingerprint density at radius 2 is 2.06 bits per heavy atom. The van der Waals surface area contributed by atoms with E-state index >= 15 is 0 Å². The van der Waals surface area contributed by atoms with Gasteiger partial charge in [-0.3, -0.25) is 4.79 Å². The van der Waals surface area contributed by atoms with Gasteiger partial charge in [-0.1, -0.05) is 6.92 Å². The first-order chi connectivity index (χ1) is 7.71. The molecule has 4 atom stereocenters. The van der Waals surface area contributed by atoms with Crippen LogP contribution in [0.15, 0.2) is 0 Å². The van der Waals surface area contributed by atoms with E-state index in [1.165, 1.54) is 0 Å². The van der Waals surface area contributed by atoms with Crippen molar-refractivity contribution < 1.29 is 14.1 Å². The fourth-order valence-corrected chi connectivity index (χ4v) is 2.47. The van der Waals surface area contributed by atoms with Crippen molar-refractivity contribution in [3.8, 4) is 0 Å². The Labute approximate surface area is 107 Å². The molecular formula is C12H23NO3S. The molecule has 1 N–H and O–H groups in total. The summed E-state index contributed by atoms with van der Waals surface area (Å²) in [5.74, 6) is -0.150. The zero-order valence-corrected chi connectivity index (χ0v) is 12.1. The molecule has 1 unspecified atom stereocenters. The van der Waals surface area contributed by atoms with Crippen LogP contribution in [0.4, 0.5) is 0 Å². The molecule has 0 aromatic heterocycles. The van der Waals surface area contributed by atoms with Gasteiger partial charge in [0.2, 0.25) is 0 Å². The number of cyclic esters (lactones) is 1. The lowest BCUT2D eigenvalue weighted by Crippen LogP contribution is -2.50. The lowest BCUT2D eigenvalue weighted by atomic mass is 9.97. The van der Waals surface area contributed by atoms with Crippen LogP contribution >= 0.6 is 0 Å². The summed E-state index contributed by atoms with van der Waals surface area (Å²) in [7, 11) is 0. The Kier molecular flexibility index (Phi) is 4.86. The van der Waals surface area contributed by atoms with Crippen molar-refractivity contribution in [3.63, 3.8) is 0 Å². The molecule has 0 amide bonds. The van der Waals surface area contributed by atoms with Crippen molar-refractivity contribution in [1.82, 2.24) is 4.72 Å². The first-order valence-electron chi connectivity index (χ1n) is 6.10. The maximum Gasteiger partial charge on any atom is 0.308 e. The van der Waals surface area contributed by atoms with Gasteiger partial charge in [-0.2, -0.15) is 0 Å². The van der Waals surface area contributed by atoms with E-state index in [2.05, 4.69) is 4.72 Å². The van der Waals surface area contributed by atoms with Crippen molar-refractivity contribution in [3.05, 3.63) is 0 Å². The van der Waals surface area contributed by atoms with Crippen LogP contribution < -0.4 is 4.72 Å². The molecule has 1 rings (SSSR count). The monoisotopic (exact) mass is 261 g/mol. The molecule has 0 aromatic carbocycles. The molecule has 17 heavy (non-hydrogen) atoms. The van der Waals surface area contributed by atoms with Crippen molar-refractivity contribution in [2.24, 2.45) is 5.92 Å². The summed E-state index contributed by atoms with van der Waals surface area (Å²) in [6.07, 6.45) is 1.52. The molecule has 1 fully saturated rings. The van der Waals surface area contributed by atoms with Crippen molar-refractivity contribution in [2.45, 2.75) is 64.4 Å². The Bertz CT molecular complexity index is 277. The smallest absolute Gasteiger partial charge is 0.308 e. The minimum Gasteiger partial charge on any atom is -0.598 e. The molecule has 4 nitrogen and oxygen atoms in total. The fraction of sp³-hybridized carbons (Fsp3) is 0.917. The summed E-state index contributed by atoms with van der Waals surface area (Å²) in [5.41, 5.74) is 0. The average Bonchev–Trinajstić information content (AvgIpc) is 2.20. The highest BCUT2D eigenvalue weighted by molar-refractivity contribution is 7.90. The van der Waals surface area contributed by atoms with E-state index in [1.807, 2.05) is 34.6 Å². The van der Waals surface area contributed by atoms with Gasteiger partial charge in [-0.25, -0.2) is 0 Å². The van der Waals surface area contributed by atoms with Gasteiger partial charge in [0.25, 0.3) is 0 Å². The summed E-state index contributed by atoms with van der Waals surface area (Å²) in [4.78, 5) is 11.5. The van der Waals surface area contributed by atoms with Gasteiger partial charge >= 0.3 is 5.97 Å². The molecule has 0 aliphatic carbocycles. The molecule has 0 radical (unpaired) electrons. The van der Waals surface area contributed by atoms with Gasteiger partial charge < -0.3 is 9.29 Å². The second kappa shape index (κ2) is 5.59. The normalized spacial score (nSPS) is 29.6. The number of nitrogens with one attached hydrogen (secondary N) is 1. The fourth-order valence-electron chi connectivity index (χ4n) is 1.63. The van der Waals surface area contributed by atoms with E-state index in [0.29, 0.717) is 0 Å². The number of hydrogen-bond donors (Lipinski definition) is 1. The van der Waals surface area contributed by atoms with Gasteiger partial charge in [0.15, 0.2) is 0 Å². The summed E-state index contributed by atoms with van der Waals surface area (Å²) in [5, 5.41) is 0. The Morgan fingerprint density at radius 1 is 1.47 bits per heavy atom. The summed E-state index contributed by atoms with van der Waals surface area (Å²) in [6, 6.07) is -0.0773. The Morgan fingerprint density at radius 3 is 2.53 bits per heavy atom. The first-order valence-corrected chi connectivity index (χ1v) is 7.25. The molecule has 0 bridgehead atoms. The second-order valence-corrected chi connectivity index (χ2v) is 7.74. The van der Waals surface area contributed by atoms with E-state index in [0.717, 1.165) is 12.8 Å². The highest BCUT2D eigenvalue weighted by atomic mass is 32.2. The number of rotatable bonds is 3. The average molecular weight is 261 g/mol. The largest absolute Gasteiger partial charge is 0.598 e. The third kappa shape index (κ3) is 4.16. The quantitative estimate of drug-likeness (QED) is 0.621. The molecule has 1 saturated heterocycles. The molecule has 0 spiro atoms. The van der Waals surface area contributed by atoms with Crippen LogP contribution in [0, 0.1) is 5.92 Å². The molecule has 0 aromatic rings. The predicted molar refractivity (Wildman–Crippen MR) is 68.8 cm³/mol. The van der Waals surface area contributed by atoms with E-state index in [-0.39, 0.29) is 28.8 Å². The second-order valence-electron chi connectivity index (χ2n) is 5.74. The van der Waals surface area contributed by atoms with E-state index < -0.39 is 11.4 Å². The maximum absolute atomic E-state index is 11.9. The lowest BCUT2D eigenvalue weighted by Gasteiger charge is -2.33.